The van der Waals surface area contributed by atoms with E-state index in [1.165, 1.54) is 24.3 Å². The zero-order valence-electron chi connectivity index (χ0n) is 7.61. The van der Waals surface area contributed by atoms with Crippen LogP contribution in [0.4, 0.5) is 4.39 Å². The van der Waals surface area contributed by atoms with Crippen LogP contribution >= 0.6 is 0 Å². The Hall–Kier alpha value is -1.64. The second-order valence-corrected chi connectivity index (χ2v) is 2.94. The van der Waals surface area contributed by atoms with Crippen molar-refractivity contribution in [3.05, 3.63) is 48.3 Å². The van der Waals surface area contributed by atoms with Gasteiger partial charge >= 0.3 is 5.97 Å². The van der Waals surface area contributed by atoms with Crippen molar-refractivity contribution < 1.29 is 14.3 Å². The highest BCUT2D eigenvalue weighted by Gasteiger charge is 2.20. The van der Waals surface area contributed by atoms with E-state index in [0.717, 1.165) is 0 Å². The maximum atomic E-state index is 13.2. The van der Waals surface area contributed by atoms with E-state index >= 15 is 0 Å². The van der Waals surface area contributed by atoms with Gasteiger partial charge in [0, 0.05) is 5.56 Å². The molecule has 0 heterocycles. The van der Waals surface area contributed by atoms with Crippen molar-refractivity contribution in [2.45, 2.75) is 12.3 Å². The van der Waals surface area contributed by atoms with Gasteiger partial charge in [0.25, 0.3) is 0 Å². The lowest BCUT2D eigenvalue weighted by Crippen LogP contribution is -2.12. The largest absolute Gasteiger partial charge is 0.481 e. The number of rotatable bonds is 4. The van der Waals surface area contributed by atoms with Crippen LogP contribution in [0.5, 0.6) is 0 Å². The molecule has 2 nitrogen and oxygen atoms in total. The first-order valence-corrected chi connectivity index (χ1v) is 4.25. The van der Waals surface area contributed by atoms with E-state index < -0.39 is 17.7 Å². The van der Waals surface area contributed by atoms with Crippen molar-refractivity contribution in [1.82, 2.24) is 0 Å². The fraction of sp³-hybridized carbons (Fsp3) is 0.182. The fourth-order valence-corrected chi connectivity index (χ4v) is 1.29. The lowest BCUT2D eigenvalue weighted by atomic mass is 9.95. The van der Waals surface area contributed by atoms with Crippen molar-refractivity contribution in [3.8, 4) is 0 Å². The van der Waals surface area contributed by atoms with E-state index in [1.807, 2.05) is 0 Å². The molecule has 0 aliphatic rings. The first-order chi connectivity index (χ1) is 6.66. The van der Waals surface area contributed by atoms with Crippen LogP contribution in [-0.4, -0.2) is 11.1 Å². The lowest BCUT2D eigenvalue weighted by Gasteiger charge is -2.10. The van der Waals surface area contributed by atoms with Crippen LogP contribution in [0.25, 0.3) is 0 Å². The number of aliphatic carboxylic acids is 1. The summed E-state index contributed by atoms with van der Waals surface area (Å²) in [6.45, 7) is 3.45. The van der Waals surface area contributed by atoms with Gasteiger partial charge < -0.3 is 5.11 Å². The fourth-order valence-electron chi connectivity index (χ4n) is 1.29. The third-order valence-electron chi connectivity index (χ3n) is 1.98. The zero-order chi connectivity index (χ0) is 10.6. The van der Waals surface area contributed by atoms with E-state index in [1.54, 1.807) is 6.07 Å². The number of carboxylic acid groups (broad SMARTS) is 1. The molecule has 1 aromatic rings. The van der Waals surface area contributed by atoms with Crippen LogP contribution < -0.4 is 0 Å². The van der Waals surface area contributed by atoms with Gasteiger partial charge in [0.05, 0.1) is 5.92 Å². The third-order valence-corrected chi connectivity index (χ3v) is 1.98. The molecule has 0 aliphatic carbocycles. The van der Waals surface area contributed by atoms with Crippen molar-refractivity contribution in [3.63, 3.8) is 0 Å². The van der Waals surface area contributed by atoms with Gasteiger partial charge in [0.2, 0.25) is 0 Å². The minimum Gasteiger partial charge on any atom is -0.481 e. The number of hydrogen-bond acceptors (Lipinski definition) is 1. The Kier molecular flexibility index (Phi) is 3.40. The van der Waals surface area contributed by atoms with Crippen LogP contribution in [0.3, 0.4) is 0 Å². The molecule has 1 rings (SSSR count). The Morgan fingerprint density at radius 2 is 2.21 bits per heavy atom. The molecule has 1 unspecified atom stereocenters. The van der Waals surface area contributed by atoms with Gasteiger partial charge in [0.15, 0.2) is 0 Å². The highest BCUT2D eigenvalue weighted by molar-refractivity contribution is 5.76. The number of allylic oxidation sites excluding steroid dienone is 1. The highest BCUT2D eigenvalue weighted by Crippen LogP contribution is 2.22. The zero-order valence-corrected chi connectivity index (χ0v) is 7.61. The molecule has 0 bridgehead atoms. The molecule has 0 aliphatic heterocycles. The maximum absolute atomic E-state index is 13.2. The van der Waals surface area contributed by atoms with Gasteiger partial charge in [-0.1, -0.05) is 24.3 Å². The average molecular weight is 194 g/mol. The molecule has 14 heavy (non-hydrogen) atoms. The quantitative estimate of drug-likeness (QED) is 0.748. The van der Waals surface area contributed by atoms with Gasteiger partial charge in [0.1, 0.15) is 5.82 Å². The summed E-state index contributed by atoms with van der Waals surface area (Å²) in [5.74, 6) is -2.36. The SMILES string of the molecule is C=CCC(C(=O)O)c1ccccc1F. The number of halogens is 1. The Balaban J connectivity index is 3.04. The average Bonchev–Trinajstić information content (AvgIpc) is 2.15. The predicted octanol–water partition coefficient (Wildman–Crippen LogP) is 2.57. The summed E-state index contributed by atoms with van der Waals surface area (Å²) in [7, 11) is 0. The van der Waals surface area contributed by atoms with Crippen LogP contribution in [0.15, 0.2) is 36.9 Å². The Morgan fingerprint density at radius 1 is 1.57 bits per heavy atom. The molecule has 0 radical (unpaired) electrons. The van der Waals surface area contributed by atoms with E-state index in [9.17, 15) is 9.18 Å². The molecule has 3 heteroatoms. The third kappa shape index (κ3) is 2.19. The van der Waals surface area contributed by atoms with Crippen molar-refractivity contribution in [2.75, 3.05) is 0 Å². The van der Waals surface area contributed by atoms with Crippen molar-refractivity contribution in [2.24, 2.45) is 0 Å². The summed E-state index contributed by atoms with van der Waals surface area (Å²) < 4.78 is 13.2. The molecule has 0 amide bonds. The molecule has 0 saturated heterocycles. The second kappa shape index (κ2) is 4.56. The number of carboxylic acids is 1. The Labute approximate surface area is 81.7 Å². The van der Waals surface area contributed by atoms with E-state index in [0.29, 0.717) is 0 Å². The predicted molar refractivity (Wildman–Crippen MR) is 51.6 cm³/mol. The Bertz CT molecular complexity index is 347. The maximum Gasteiger partial charge on any atom is 0.311 e. The summed E-state index contributed by atoms with van der Waals surface area (Å²) >= 11 is 0. The van der Waals surface area contributed by atoms with Gasteiger partial charge in [-0.2, -0.15) is 0 Å². The first kappa shape index (κ1) is 10.4. The molecule has 0 spiro atoms. The summed E-state index contributed by atoms with van der Waals surface area (Å²) in [6, 6.07) is 5.90. The molecule has 0 saturated carbocycles. The normalized spacial score (nSPS) is 12.1. The first-order valence-electron chi connectivity index (χ1n) is 4.25. The lowest BCUT2D eigenvalue weighted by molar-refractivity contribution is -0.138. The highest BCUT2D eigenvalue weighted by atomic mass is 19.1. The molecule has 74 valence electrons. The number of hydrogen-bond donors (Lipinski definition) is 1. The molecular formula is C11H11FO2. The van der Waals surface area contributed by atoms with Crippen LogP contribution in [0.1, 0.15) is 17.9 Å². The number of benzene rings is 1. The Morgan fingerprint density at radius 3 is 2.71 bits per heavy atom. The minimum absolute atomic E-state index is 0.208. The summed E-state index contributed by atoms with van der Waals surface area (Å²) in [4.78, 5) is 10.8. The smallest absolute Gasteiger partial charge is 0.311 e. The molecule has 1 aromatic carbocycles. The van der Waals surface area contributed by atoms with Gasteiger partial charge in [-0.05, 0) is 12.5 Å². The second-order valence-electron chi connectivity index (χ2n) is 2.94. The summed E-state index contributed by atoms with van der Waals surface area (Å²) in [6.07, 6.45) is 1.71. The number of carbonyl (C=O) groups is 1. The summed E-state index contributed by atoms with van der Waals surface area (Å²) in [5, 5.41) is 8.87. The molecule has 1 atom stereocenters. The van der Waals surface area contributed by atoms with E-state index in [4.69, 9.17) is 5.11 Å². The minimum atomic E-state index is -1.03. The topological polar surface area (TPSA) is 37.3 Å². The van der Waals surface area contributed by atoms with E-state index in [-0.39, 0.29) is 12.0 Å². The van der Waals surface area contributed by atoms with Crippen LogP contribution in [0.2, 0.25) is 0 Å². The van der Waals surface area contributed by atoms with Crippen molar-refractivity contribution >= 4 is 5.97 Å². The summed E-state index contributed by atoms with van der Waals surface area (Å²) in [5.41, 5.74) is 0.208. The molecular weight excluding hydrogens is 183 g/mol. The van der Waals surface area contributed by atoms with Crippen LogP contribution in [-0.2, 0) is 4.79 Å². The van der Waals surface area contributed by atoms with E-state index in [2.05, 4.69) is 6.58 Å². The standard InChI is InChI=1S/C11H11FO2/c1-2-5-9(11(13)14)8-6-3-4-7-10(8)12/h2-4,6-7,9H,1,5H2,(H,13,14). The molecule has 0 aromatic heterocycles. The van der Waals surface area contributed by atoms with Gasteiger partial charge in [-0.25, -0.2) is 4.39 Å². The van der Waals surface area contributed by atoms with Gasteiger partial charge in [-0.3, -0.25) is 4.79 Å². The van der Waals surface area contributed by atoms with Crippen molar-refractivity contribution in [1.29, 1.82) is 0 Å². The molecule has 1 N–H and O–H groups in total. The van der Waals surface area contributed by atoms with Crippen LogP contribution in [0, 0.1) is 5.82 Å². The molecule has 0 fully saturated rings. The monoisotopic (exact) mass is 194 g/mol. The van der Waals surface area contributed by atoms with Gasteiger partial charge in [-0.15, -0.1) is 6.58 Å².